The average molecular weight is 293 g/mol. The molecule has 7 heteroatoms. The average Bonchev–Trinajstić information content (AvgIpc) is 2.48. The molecule has 0 radical (unpaired) electrons. The van der Waals surface area contributed by atoms with Gasteiger partial charge in [-0.1, -0.05) is 6.92 Å². The van der Waals surface area contributed by atoms with E-state index in [1.54, 1.807) is 6.07 Å². The molecule has 1 fully saturated rings. The maximum Gasteiger partial charge on any atom is 0.296 e. The number of anilines is 1. The van der Waals surface area contributed by atoms with E-state index in [4.69, 9.17) is 15.2 Å². The zero-order valence-corrected chi connectivity index (χ0v) is 11.9. The quantitative estimate of drug-likeness (QED) is 0.657. The van der Waals surface area contributed by atoms with Gasteiger partial charge in [0, 0.05) is 25.2 Å². The summed E-state index contributed by atoms with van der Waals surface area (Å²) in [5.41, 5.74) is 6.71. The molecule has 2 heterocycles. The molecule has 0 aromatic heterocycles. The van der Waals surface area contributed by atoms with Crippen molar-refractivity contribution in [2.45, 2.75) is 19.4 Å². The van der Waals surface area contributed by atoms with Gasteiger partial charge in [-0.25, -0.2) is 0 Å². The number of rotatable bonds is 2. The Morgan fingerprint density at radius 1 is 1.33 bits per heavy atom. The molecule has 1 aromatic carbocycles. The summed E-state index contributed by atoms with van der Waals surface area (Å²) in [5.74, 6) is 1.43. The van der Waals surface area contributed by atoms with Crippen molar-refractivity contribution >= 4 is 11.4 Å². The third kappa shape index (κ3) is 2.61. The van der Waals surface area contributed by atoms with Crippen LogP contribution in [0.5, 0.6) is 11.5 Å². The predicted molar refractivity (Wildman–Crippen MR) is 78.1 cm³/mol. The second-order valence-corrected chi connectivity index (χ2v) is 5.62. The van der Waals surface area contributed by atoms with Crippen molar-refractivity contribution in [3.05, 3.63) is 22.2 Å². The summed E-state index contributed by atoms with van der Waals surface area (Å²) in [6.07, 6.45) is 0.923. The first-order chi connectivity index (χ1) is 10.1. The Morgan fingerprint density at radius 3 is 2.62 bits per heavy atom. The van der Waals surface area contributed by atoms with Crippen LogP contribution in [0.25, 0.3) is 0 Å². The highest BCUT2D eigenvalue weighted by Gasteiger charge is 2.30. The van der Waals surface area contributed by atoms with Gasteiger partial charge >= 0.3 is 0 Å². The van der Waals surface area contributed by atoms with E-state index >= 15 is 0 Å². The number of nitro groups is 1. The van der Waals surface area contributed by atoms with Crippen LogP contribution in [0.2, 0.25) is 0 Å². The van der Waals surface area contributed by atoms with Gasteiger partial charge in [0.2, 0.25) is 0 Å². The normalized spacial score (nSPS) is 24.8. The van der Waals surface area contributed by atoms with Gasteiger partial charge in [0.25, 0.3) is 5.69 Å². The summed E-state index contributed by atoms with van der Waals surface area (Å²) in [6.45, 7) is 4.35. The van der Waals surface area contributed by atoms with Gasteiger partial charge < -0.3 is 20.1 Å². The van der Waals surface area contributed by atoms with Crippen molar-refractivity contribution in [1.29, 1.82) is 0 Å². The van der Waals surface area contributed by atoms with Gasteiger partial charge in [-0.05, 0) is 12.3 Å². The minimum Gasteiger partial charge on any atom is -0.486 e. The van der Waals surface area contributed by atoms with E-state index in [-0.39, 0.29) is 16.7 Å². The summed E-state index contributed by atoms with van der Waals surface area (Å²) < 4.78 is 11.0. The van der Waals surface area contributed by atoms with Gasteiger partial charge in [-0.3, -0.25) is 10.1 Å². The predicted octanol–water partition coefficient (Wildman–Crippen LogP) is 1.54. The number of nitrogens with zero attached hydrogens (tertiary/aromatic N) is 2. The molecular weight excluding hydrogens is 274 g/mol. The number of ether oxygens (including phenoxy) is 2. The third-order valence-corrected chi connectivity index (χ3v) is 4.19. The first-order valence-electron chi connectivity index (χ1n) is 7.15. The van der Waals surface area contributed by atoms with Gasteiger partial charge in [0.15, 0.2) is 11.5 Å². The lowest BCUT2D eigenvalue weighted by atomic mass is 9.94. The molecule has 2 atom stereocenters. The molecule has 0 spiro atoms. The zero-order chi connectivity index (χ0) is 15.0. The second kappa shape index (κ2) is 5.40. The fourth-order valence-corrected chi connectivity index (χ4v) is 2.78. The summed E-state index contributed by atoms with van der Waals surface area (Å²) >= 11 is 0. The number of benzene rings is 1. The number of nitro benzene ring substituents is 1. The SMILES string of the molecule is CC1CCN(c2cc3c(cc2[N+](=O)[O-])OCCO3)CC1N. The highest BCUT2D eigenvalue weighted by atomic mass is 16.6. The maximum absolute atomic E-state index is 11.3. The Hall–Kier alpha value is -2.02. The van der Waals surface area contributed by atoms with Crippen molar-refractivity contribution in [3.8, 4) is 11.5 Å². The maximum atomic E-state index is 11.3. The lowest BCUT2D eigenvalue weighted by molar-refractivity contribution is -0.384. The molecule has 2 unspecified atom stereocenters. The molecule has 21 heavy (non-hydrogen) atoms. The first kappa shape index (κ1) is 13.9. The number of nitrogens with two attached hydrogens (primary N) is 1. The van der Waals surface area contributed by atoms with Crippen LogP contribution in [0.3, 0.4) is 0 Å². The lowest BCUT2D eigenvalue weighted by Gasteiger charge is -2.36. The molecule has 0 aliphatic carbocycles. The van der Waals surface area contributed by atoms with Crippen LogP contribution in [-0.2, 0) is 0 Å². The Bertz CT molecular complexity index is 563. The first-order valence-corrected chi connectivity index (χ1v) is 7.15. The largest absolute Gasteiger partial charge is 0.486 e. The monoisotopic (exact) mass is 293 g/mol. The van der Waals surface area contributed by atoms with Crippen molar-refractivity contribution < 1.29 is 14.4 Å². The van der Waals surface area contributed by atoms with Gasteiger partial charge in [-0.15, -0.1) is 0 Å². The van der Waals surface area contributed by atoms with Crippen LogP contribution < -0.4 is 20.1 Å². The van der Waals surface area contributed by atoms with Crippen LogP contribution in [0.15, 0.2) is 12.1 Å². The van der Waals surface area contributed by atoms with E-state index in [0.717, 1.165) is 13.0 Å². The van der Waals surface area contributed by atoms with Crippen molar-refractivity contribution in [2.24, 2.45) is 11.7 Å². The summed E-state index contributed by atoms with van der Waals surface area (Å²) in [5, 5.41) is 11.3. The molecular formula is C14H19N3O4. The highest BCUT2D eigenvalue weighted by Crippen LogP contribution is 2.41. The molecule has 1 saturated heterocycles. The van der Waals surface area contributed by atoms with E-state index in [0.29, 0.717) is 42.9 Å². The molecule has 2 aliphatic heterocycles. The molecule has 1 aromatic rings. The van der Waals surface area contributed by atoms with Crippen LogP contribution >= 0.6 is 0 Å². The highest BCUT2D eigenvalue weighted by molar-refractivity contribution is 5.70. The van der Waals surface area contributed by atoms with E-state index in [9.17, 15) is 10.1 Å². The Balaban J connectivity index is 1.98. The van der Waals surface area contributed by atoms with Crippen molar-refractivity contribution in [1.82, 2.24) is 0 Å². The minimum atomic E-state index is -0.378. The molecule has 2 N–H and O–H groups in total. The second-order valence-electron chi connectivity index (χ2n) is 5.62. The Labute approximate surface area is 122 Å². The van der Waals surface area contributed by atoms with E-state index in [2.05, 4.69) is 6.92 Å². The summed E-state index contributed by atoms with van der Waals surface area (Å²) in [6, 6.07) is 3.18. The third-order valence-electron chi connectivity index (χ3n) is 4.19. The van der Waals surface area contributed by atoms with Crippen LogP contribution in [-0.4, -0.2) is 37.3 Å². The Kier molecular flexibility index (Phi) is 3.59. The van der Waals surface area contributed by atoms with Gasteiger partial charge in [0.05, 0.1) is 11.0 Å². The Morgan fingerprint density at radius 2 is 2.00 bits per heavy atom. The topological polar surface area (TPSA) is 90.9 Å². The van der Waals surface area contributed by atoms with Crippen LogP contribution in [0, 0.1) is 16.0 Å². The van der Waals surface area contributed by atoms with Crippen LogP contribution in [0.1, 0.15) is 13.3 Å². The van der Waals surface area contributed by atoms with E-state index in [1.165, 1.54) is 6.07 Å². The molecule has 7 nitrogen and oxygen atoms in total. The number of hydrogen-bond donors (Lipinski definition) is 1. The number of hydrogen-bond acceptors (Lipinski definition) is 6. The molecule has 0 bridgehead atoms. The van der Waals surface area contributed by atoms with Crippen molar-refractivity contribution in [2.75, 3.05) is 31.2 Å². The standard InChI is InChI=1S/C14H19N3O4/c1-9-2-3-16(8-10(9)15)11-6-13-14(21-5-4-20-13)7-12(11)17(18)19/h6-7,9-10H,2-5,8,15H2,1H3. The molecule has 114 valence electrons. The zero-order valence-electron chi connectivity index (χ0n) is 11.9. The molecule has 3 rings (SSSR count). The smallest absolute Gasteiger partial charge is 0.296 e. The van der Waals surface area contributed by atoms with Gasteiger partial charge in [0.1, 0.15) is 18.9 Å². The van der Waals surface area contributed by atoms with Crippen molar-refractivity contribution in [3.63, 3.8) is 0 Å². The molecule has 2 aliphatic rings. The number of fused-ring (bicyclic) bond motifs is 1. The van der Waals surface area contributed by atoms with Gasteiger partial charge in [-0.2, -0.15) is 0 Å². The fraction of sp³-hybridized carbons (Fsp3) is 0.571. The molecule has 0 amide bonds. The summed E-state index contributed by atoms with van der Waals surface area (Å²) in [4.78, 5) is 12.9. The van der Waals surface area contributed by atoms with Crippen LogP contribution in [0.4, 0.5) is 11.4 Å². The van der Waals surface area contributed by atoms with E-state index in [1.807, 2.05) is 4.90 Å². The molecule has 0 saturated carbocycles. The van der Waals surface area contributed by atoms with E-state index < -0.39 is 0 Å². The fourth-order valence-electron chi connectivity index (χ4n) is 2.78. The number of piperidine rings is 1. The lowest BCUT2D eigenvalue weighted by Crippen LogP contribution is -2.47. The minimum absolute atomic E-state index is 0.0200. The summed E-state index contributed by atoms with van der Waals surface area (Å²) in [7, 11) is 0.